The van der Waals surface area contributed by atoms with Crippen LogP contribution in [0.4, 0.5) is 0 Å². The van der Waals surface area contributed by atoms with Crippen LogP contribution in [-0.4, -0.2) is 41.5 Å². The number of furan rings is 1. The maximum atomic E-state index is 13.6. The Kier molecular flexibility index (Phi) is 9.64. The number of amides is 2. The van der Waals surface area contributed by atoms with E-state index in [0.717, 1.165) is 37.0 Å². The van der Waals surface area contributed by atoms with E-state index in [1.165, 1.54) is 0 Å². The van der Waals surface area contributed by atoms with Gasteiger partial charge in [0.05, 0.1) is 13.1 Å². The number of fused-ring (bicyclic) bond motifs is 1. The molecule has 0 spiro atoms. The third-order valence-electron chi connectivity index (χ3n) is 6.28. The van der Waals surface area contributed by atoms with Crippen LogP contribution in [0.5, 0.6) is 11.5 Å². The quantitative estimate of drug-likeness (QED) is 0.373. The van der Waals surface area contributed by atoms with Crippen molar-refractivity contribution in [1.82, 2.24) is 9.80 Å². The van der Waals surface area contributed by atoms with E-state index in [1.54, 1.807) is 9.80 Å². The zero-order chi connectivity index (χ0) is 25.4. The van der Waals surface area contributed by atoms with Gasteiger partial charge in [0.25, 0.3) is 0 Å². The molecule has 0 aliphatic carbocycles. The molecule has 1 aliphatic rings. The molecule has 2 aromatic rings. The van der Waals surface area contributed by atoms with Gasteiger partial charge in [-0.25, -0.2) is 0 Å². The molecule has 0 saturated carbocycles. The van der Waals surface area contributed by atoms with Crippen molar-refractivity contribution in [2.75, 3.05) is 19.9 Å². The standard InChI is InChI=1S/C28H40N2O5/c1-6-8-9-23(7-2)28(32)30(15-20(3)4)18-27(31)29(17-24-12-10-21(5)35-24)16-22-11-13-25-26(14-22)34-19-33-25/h10-14,20,23H,6-9,15-19H2,1-5H3/t23-/m0/s1. The summed E-state index contributed by atoms with van der Waals surface area (Å²) in [5.41, 5.74) is 0.932. The highest BCUT2D eigenvalue weighted by atomic mass is 16.7. The van der Waals surface area contributed by atoms with Gasteiger partial charge in [-0.3, -0.25) is 9.59 Å². The number of aryl methyl sites for hydroxylation is 1. The Morgan fingerprint density at radius 1 is 1.00 bits per heavy atom. The Morgan fingerprint density at radius 2 is 1.77 bits per heavy atom. The van der Waals surface area contributed by atoms with Crippen molar-refractivity contribution in [3.63, 3.8) is 0 Å². The Hall–Kier alpha value is -2.96. The number of hydrogen-bond acceptors (Lipinski definition) is 5. The highest BCUT2D eigenvalue weighted by Crippen LogP contribution is 2.33. The van der Waals surface area contributed by atoms with Crippen molar-refractivity contribution in [3.05, 3.63) is 47.4 Å². The number of rotatable bonds is 13. The van der Waals surface area contributed by atoms with Crippen molar-refractivity contribution in [3.8, 4) is 11.5 Å². The zero-order valence-electron chi connectivity index (χ0n) is 21.8. The molecule has 2 amide bonds. The summed E-state index contributed by atoms with van der Waals surface area (Å²) in [4.78, 5) is 30.6. The van der Waals surface area contributed by atoms with Crippen molar-refractivity contribution in [2.24, 2.45) is 11.8 Å². The van der Waals surface area contributed by atoms with Crippen LogP contribution in [0.1, 0.15) is 70.5 Å². The van der Waals surface area contributed by atoms with Crippen LogP contribution >= 0.6 is 0 Å². The number of benzene rings is 1. The van der Waals surface area contributed by atoms with Crippen LogP contribution in [0.3, 0.4) is 0 Å². The molecule has 192 valence electrons. The van der Waals surface area contributed by atoms with E-state index < -0.39 is 0 Å². The van der Waals surface area contributed by atoms with Gasteiger partial charge >= 0.3 is 0 Å². The lowest BCUT2D eigenvalue weighted by Crippen LogP contribution is -2.46. The average Bonchev–Trinajstić information content (AvgIpc) is 3.46. The van der Waals surface area contributed by atoms with Crippen LogP contribution in [0.25, 0.3) is 0 Å². The Bertz CT molecular complexity index is 983. The van der Waals surface area contributed by atoms with Crippen LogP contribution < -0.4 is 9.47 Å². The average molecular weight is 485 g/mol. The number of ether oxygens (including phenoxy) is 2. The van der Waals surface area contributed by atoms with Crippen molar-refractivity contribution in [1.29, 1.82) is 0 Å². The van der Waals surface area contributed by atoms with E-state index in [4.69, 9.17) is 13.9 Å². The third kappa shape index (κ3) is 7.51. The third-order valence-corrected chi connectivity index (χ3v) is 6.28. The lowest BCUT2D eigenvalue weighted by Gasteiger charge is -2.31. The Labute approximate surface area is 209 Å². The van der Waals surface area contributed by atoms with E-state index in [9.17, 15) is 9.59 Å². The largest absolute Gasteiger partial charge is 0.464 e. The van der Waals surface area contributed by atoms with Gasteiger partial charge in [0.2, 0.25) is 18.6 Å². The molecule has 0 N–H and O–H groups in total. The molecule has 0 bridgehead atoms. The van der Waals surface area contributed by atoms with Crippen molar-refractivity contribution in [2.45, 2.75) is 73.4 Å². The molecule has 35 heavy (non-hydrogen) atoms. The second-order valence-electron chi connectivity index (χ2n) is 9.81. The molecule has 7 heteroatoms. The molecule has 0 saturated heterocycles. The summed E-state index contributed by atoms with van der Waals surface area (Å²) >= 11 is 0. The van der Waals surface area contributed by atoms with Gasteiger partial charge in [-0.2, -0.15) is 0 Å². The first-order valence-electron chi connectivity index (χ1n) is 12.8. The number of unbranched alkanes of at least 4 members (excludes halogenated alkanes) is 1. The summed E-state index contributed by atoms with van der Waals surface area (Å²) < 4.78 is 16.7. The number of carbonyl (C=O) groups excluding carboxylic acids is 2. The predicted octanol–water partition coefficient (Wildman–Crippen LogP) is 5.55. The second kappa shape index (κ2) is 12.7. The van der Waals surface area contributed by atoms with Gasteiger partial charge in [0, 0.05) is 19.0 Å². The minimum Gasteiger partial charge on any atom is -0.464 e. The van der Waals surface area contributed by atoms with Crippen molar-refractivity contribution < 1.29 is 23.5 Å². The summed E-state index contributed by atoms with van der Waals surface area (Å²) in [6.07, 6.45) is 3.72. The molecule has 1 aromatic heterocycles. The summed E-state index contributed by atoms with van der Waals surface area (Å²) in [6.45, 7) is 11.8. The van der Waals surface area contributed by atoms with Crippen LogP contribution in [-0.2, 0) is 22.7 Å². The molecule has 1 aliphatic heterocycles. The first-order valence-corrected chi connectivity index (χ1v) is 12.8. The second-order valence-corrected chi connectivity index (χ2v) is 9.81. The molecule has 3 rings (SSSR count). The topological polar surface area (TPSA) is 72.2 Å². The van der Waals surface area contributed by atoms with E-state index in [0.29, 0.717) is 36.9 Å². The highest BCUT2D eigenvalue weighted by Gasteiger charge is 2.27. The van der Waals surface area contributed by atoms with E-state index in [1.807, 2.05) is 37.3 Å². The molecule has 0 unspecified atom stereocenters. The zero-order valence-corrected chi connectivity index (χ0v) is 21.8. The first kappa shape index (κ1) is 26.6. The summed E-state index contributed by atoms with van der Waals surface area (Å²) in [6, 6.07) is 9.50. The highest BCUT2D eigenvalue weighted by molar-refractivity contribution is 5.86. The van der Waals surface area contributed by atoms with Gasteiger partial charge < -0.3 is 23.7 Å². The fourth-order valence-corrected chi connectivity index (χ4v) is 4.40. The van der Waals surface area contributed by atoms with E-state index in [2.05, 4.69) is 27.7 Å². The van der Waals surface area contributed by atoms with E-state index >= 15 is 0 Å². The number of hydrogen-bond donors (Lipinski definition) is 0. The van der Waals surface area contributed by atoms with Gasteiger partial charge in [-0.15, -0.1) is 0 Å². The normalized spacial score (nSPS) is 13.2. The molecule has 1 atom stereocenters. The lowest BCUT2D eigenvalue weighted by atomic mass is 9.97. The van der Waals surface area contributed by atoms with Crippen molar-refractivity contribution >= 4 is 11.8 Å². The van der Waals surface area contributed by atoms with Crippen LogP contribution in [0.15, 0.2) is 34.7 Å². The van der Waals surface area contributed by atoms with Gasteiger partial charge in [-0.05, 0) is 55.5 Å². The summed E-state index contributed by atoms with van der Waals surface area (Å²) in [5.74, 6) is 3.11. The molecule has 0 fully saturated rings. The van der Waals surface area contributed by atoms with Gasteiger partial charge in [-0.1, -0.05) is 46.6 Å². The fraction of sp³-hybridized carbons (Fsp3) is 0.571. The molecule has 0 radical (unpaired) electrons. The lowest BCUT2D eigenvalue weighted by molar-refractivity contribution is -0.144. The molecular formula is C28H40N2O5. The summed E-state index contributed by atoms with van der Waals surface area (Å²) in [7, 11) is 0. The molecule has 7 nitrogen and oxygen atoms in total. The SMILES string of the molecule is CCCC[C@H](CC)C(=O)N(CC(=O)N(Cc1ccc2c(c1)OCO2)Cc1ccc(C)o1)CC(C)C. The Balaban J connectivity index is 1.79. The van der Waals surface area contributed by atoms with Gasteiger partial charge in [0.15, 0.2) is 11.5 Å². The minimum absolute atomic E-state index is 0.0449. The monoisotopic (exact) mass is 484 g/mol. The van der Waals surface area contributed by atoms with Crippen LogP contribution in [0, 0.1) is 18.8 Å². The molecule has 1 aromatic carbocycles. The maximum absolute atomic E-state index is 13.6. The molecular weight excluding hydrogens is 444 g/mol. The predicted molar refractivity (Wildman–Crippen MR) is 135 cm³/mol. The van der Waals surface area contributed by atoms with E-state index in [-0.39, 0.29) is 37.0 Å². The maximum Gasteiger partial charge on any atom is 0.242 e. The fourth-order valence-electron chi connectivity index (χ4n) is 4.40. The number of carbonyl (C=O) groups is 2. The minimum atomic E-state index is -0.101. The van der Waals surface area contributed by atoms with Crippen LogP contribution in [0.2, 0.25) is 0 Å². The summed E-state index contributed by atoms with van der Waals surface area (Å²) in [5, 5.41) is 0. The first-order chi connectivity index (χ1) is 16.8. The Morgan fingerprint density at radius 3 is 2.43 bits per heavy atom. The molecule has 2 heterocycles. The smallest absolute Gasteiger partial charge is 0.242 e. The number of nitrogens with zero attached hydrogens (tertiary/aromatic N) is 2. The van der Waals surface area contributed by atoms with Gasteiger partial charge in [0.1, 0.15) is 11.5 Å².